The van der Waals surface area contributed by atoms with Crippen LogP contribution in [0.25, 0.3) is 22.1 Å². The molecule has 326 valence electrons. The maximum absolute atomic E-state index is 13.7. The molecule has 0 bridgehead atoms. The number of hydrogen-bond acceptors (Lipinski definition) is 9. The van der Waals surface area contributed by atoms with E-state index in [1.807, 2.05) is 48.5 Å². The number of benzene rings is 2. The Morgan fingerprint density at radius 1 is 0.615 bits per heavy atom. The molecule has 0 aliphatic carbocycles. The first-order valence-electron chi connectivity index (χ1n) is 19.8. The zero-order valence-electron chi connectivity index (χ0n) is 35.6. The number of amides is 5. The van der Waals surface area contributed by atoms with E-state index in [1.54, 1.807) is 43.0 Å². The smallest absolute Gasteiger partial charge is 0.438 e. The number of imidazole rings is 2. The van der Waals surface area contributed by atoms with Crippen molar-refractivity contribution < 1.29 is 48.4 Å². The molecule has 2 aromatic carbocycles. The molecule has 21 nitrogen and oxygen atoms in total. The van der Waals surface area contributed by atoms with Gasteiger partial charge in [-0.2, -0.15) is 0 Å². The molecular formula is C43H40N14O7Zn. The number of fused-ring (bicyclic) bond motifs is 2. The van der Waals surface area contributed by atoms with Crippen LogP contribution in [-0.2, 0) is 65.6 Å². The second kappa shape index (κ2) is 18.7. The molecule has 8 rings (SSSR count). The maximum Gasteiger partial charge on any atom is 2.00 e. The number of aryl methyl sites for hydroxylation is 4. The third-order valence-corrected chi connectivity index (χ3v) is 10.3. The Labute approximate surface area is 382 Å². The molecule has 0 saturated carbocycles. The van der Waals surface area contributed by atoms with Crippen molar-refractivity contribution in [3.8, 4) is 0 Å². The average molecular weight is 930 g/mol. The molecule has 0 aliphatic rings. The topological polar surface area (TPSA) is 254 Å². The van der Waals surface area contributed by atoms with Crippen LogP contribution in [0.2, 0.25) is 0 Å². The number of aromatic nitrogens is 8. The van der Waals surface area contributed by atoms with E-state index in [0.29, 0.717) is 23.0 Å². The van der Waals surface area contributed by atoms with Gasteiger partial charge in [0.25, 0.3) is 29.3 Å². The minimum absolute atomic E-state index is 0. The van der Waals surface area contributed by atoms with Crippen molar-refractivity contribution in [2.45, 2.75) is 19.5 Å². The minimum Gasteiger partial charge on any atom is -0.438 e. The summed E-state index contributed by atoms with van der Waals surface area (Å²) in [7, 11) is 6.40. The summed E-state index contributed by atoms with van der Waals surface area (Å²) in [6.07, 6.45) is 5.84. The molecule has 6 aromatic heterocycles. The summed E-state index contributed by atoms with van der Waals surface area (Å²) in [6.45, 7) is 0.252. The molecule has 65 heavy (non-hydrogen) atoms. The predicted molar refractivity (Wildman–Crippen MR) is 233 cm³/mol. The molecule has 22 heteroatoms. The van der Waals surface area contributed by atoms with Gasteiger partial charge in [-0.1, -0.05) is 60.2 Å². The SMILES string of the molecule is Cn1cc(NC(=O)c2cc(NC(=O)c3cc(NC(=O)c4cc([N+](=O)[O-])cn4C)cn3C)cn2C)cc1C(=O)NCCC(=O)N(Cc1nc2ccccc2[n-]1)Cc1nc2ccccc2[n-]1.[Zn+2]. The Morgan fingerprint density at radius 3 is 1.43 bits per heavy atom. The standard InChI is InChI=1S/C43H42N14O7.Zn/c1-52-19-25(45-41(60)34-16-26(20-53(34)2)46-42(61)35-17-27(21-54(35)3)47-43(62)36-18-28(57(63)64)22-55(36)4)15-33(52)40(59)44-14-13-39(58)56(23-37-48-29-9-5-6-10-30(29)49-37)24-38-50-31-11-7-8-12-32(31)51-38;/h5-12,15-22H,13-14,23-24H2,1-4H3,(H6,44,45,46,47,48,49,50,51,59,60,61,62);/q;+2/p-2. The number of nitrogens with one attached hydrogen (secondary N) is 4. The third kappa shape index (κ3) is 9.92. The van der Waals surface area contributed by atoms with Crippen molar-refractivity contribution in [1.82, 2.24) is 48.4 Å². The summed E-state index contributed by atoms with van der Waals surface area (Å²) >= 11 is 0. The molecule has 0 spiro atoms. The number of anilines is 3. The first-order chi connectivity index (χ1) is 30.7. The van der Waals surface area contributed by atoms with E-state index in [-0.39, 0.29) is 85.6 Å². The normalized spacial score (nSPS) is 11.0. The van der Waals surface area contributed by atoms with Gasteiger partial charge in [0.05, 0.1) is 28.2 Å². The molecular weight excluding hydrogens is 890 g/mol. The molecule has 8 aromatic rings. The second-order valence-corrected chi connectivity index (χ2v) is 15.0. The van der Waals surface area contributed by atoms with E-state index in [0.717, 1.165) is 28.1 Å². The van der Waals surface area contributed by atoms with Crippen molar-refractivity contribution in [3.05, 3.63) is 142 Å². The molecule has 0 fully saturated rings. The molecule has 0 radical (unpaired) electrons. The fourth-order valence-corrected chi connectivity index (χ4v) is 7.19. The Hall–Kier alpha value is -8.13. The molecule has 0 saturated heterocycles. The van der Waals surface area contributed by atoms with Crippen LogP contribution in [0.15, 0.2) is 97.6 Å². The van der Waals surface area contributed by atoms with Crippen molar-refractivity contribution in [2.75, 3.05) is 22.5 Å². The average Bonchev–Trinajstić information content (AvgIpc) is 4.11. The first-order valence-corrected chi connectivity index (χ1v) is 19.8. The molecule has 4 N–H and O–H groups in total. The zero-order chi connectivity index (χ0) is 45.2. The monoisotopic (exact) mass is 928 g/mol. The number of carbonyl (C=O) groups is 5. The second-order valence-electron chi connectivity index (χ2n) is 15.0. The summed E-state index contributed by atoms with van der Waals surface area (Å²) in [6, 6.07) is 20.5. The Kier molecular flexibility index (Phi) is 12.9. The van der Waals surface area contributed by atoms with Gasteiger partial charge in [-0.3, -0.25) is 34.1 Å². The maximum atomic E-state index is 13.7. The van der Waals surface area contributed by atoms with Crippen LogP contribution < -0.4 is 31.2 Å². The summed E-state index contributed by atoms with van der Waals surface area (Å²) in [5, 5.41) is 22.1. The molecule has 6 heterocycles. The number of nitro groups is 1. The summed E-state index contributed by atoms with van der Waals surface area (Å²) in [5.41, 5.74) is 4.25. The van der Waals surface area contributed by atoms with Gasteiger partial charge in [-0.15, -0.1) is 0 Å². The number of nitrogens with zero attached hydrogens (tertiary/aromatic N) is 10. The van der Waals surface area contributed by atoms with Gasteiger partial charge in [-0.25, -0.2) is 0 Å². The quantitative estimate of drug-likeness (QED) is 0.0648. The molecule has 5 amide bonds. The number of rotatable bonds is 15. The van der Waals surface area contributed by atoms with Crippen LogP contribution in [-0.4, -0.2) is 74.1 Å². The molecule has 0 unspecified atom stereocenters. The van der Waals surface area contributed by atoms with Crippen molar-refractivity contribution in [1.29, 1.82) is 0 Å². The van der Waals surface area contributed by atoms with Crippen LogP contribution in [0.5, 0.6) is 0 Å². The Balaban J connectivity index is 0.00000630. The van der Waals surface area contributed by atoms with Crippen molar-refractivity contribution in [2.24, 2.45) is 28.2 Å². The fraction of sp³-hybridized carbons (Fsp3) is 0.186. The van der Waals surface area contributed by atoms with E-state index < -0.39 is 28.6 Å². The third-order valence-electron chi connectivity index (χ3n) is 10.3. The first kappa shape index (κ1) is 44.9. The van der Waals surface area contributed by atoms with Crippen molar-refractivity contribution >= 4 is 74.4 Å². The predicted octanol–water partition coefficient (Wildman–Crippen LogP) is 4.06. The van der Waals surface area contributed by atoms with Crippen LogP contribution in [0, 0.1) is 10.1 Å². The van der Waals surface area contributed by atoms with Crippen LogP contribution in [0.1, 0.15) is 60.0 Å². The van der Waals surface area contributed by atoms with Gasteiger partial charge in [0.1, 0.15) is 22.8 Å². The van der Waals surface area contributed by atoms with Crippen molar-refractivity contribution in [3.63, 3.8) is 0 Å². The zero-order valence-corrected chi connectivity index (χ0v) is 38.6. The van der Waals surface area contributed by atoms with E-state index >= 15 is 0 Å². The van der Waals surface area contributed by atoms with Gasteiger partial charge >= 0.3 is 19.5 Å². The van der Waals surface area contributed by atoms with Crippen LogP contribution >= 0.6 is 0 Å². The van der Waals surface area contributed by atoms with Crippen LogP contribution in [0.3, 0.4) is 0 Å². The fourth-order valence-electron chi connectivity index (χ4n) is 7.19. The summed E-state index contributed by atoms with van der Waals surface area (Å²) < 4.78 is 5.90. The van der Waals surface area contributed by atoms with E-state index in [2.05, 4.69) is 41.2 Å². The number of para-hydroxylation sites is 4. The molecule has 0 aliphatic heterocycles. The van der Waals surface area contributed by atoms with Gasteiger partial charge in [-0.05, 0) is 40.3 Å². The van der Waals surface area contributed by atoms with Crippen LogP contribution in [0.4, 0.5) is 22.7 Å². The Bertz CT molecular complexity index is 2990. The summed E-state index contributed by atoms with van der Waals surface area (Å²) in [4.78, 5) is 96.9. The van der Waals surface area contributed by atoms with Gasteiger partial charge in [0, 0.05) is 78.9 Å². The van der Waals surface area contributed by atoms with Gasteiger partial charge in [0.2, 0.25) is 5.91 Å². The number of carbonyl (C=O) groups excluding carboxylic acids is 5. The summed E-state index contributed by atoms with van der Waals surface area (Å²) in [5.74, 6) is -1.43. The number of hydrogen-bond donors (Lipinski definition) is 4. The van der Waals surface area contributed by atoms with Gasteiger partial charge in [0.15, 0.2) is 0 Å². The van der Waals surface area contributed by atoms with E-state index in [9.17, 15) is 34.1 Å². The van der Waals surface area contributed by atoms with E-state index in [1.165, 1.54) is 51.3 Å². The molecule has 0 atom stereocenters. The minimum atomic E-state index is -0.599. The van der Waals surface area contributed by atoms with Gasteiger partial charge < -0.3 is 64.4 Å². The largest absolute Gasteiger partial charge is 2.00 e. The van der Waals surface area contributed by atoms with E-state index in [4.69, 9.17) is 0 Å². The Morgan fingerprint density at radius 2 is 1.02 bits per heavy atom.